The summed E-state index contributed by atoms with van der Waals surface area (Å²) in [5.74, 6) is 6.55. The summed E-state index contributed by atoms with van der Waals surface area (Å²) >= 11 is 0. The highest BCUT2D eigenvalue weighted by molar-refractivity contribution is 5.54. The van der Waals surface area contributed by atoms with Crippen LogP contribution in [0, 0.1) is 13.8 Å². The van der Waals surface area contributed by atoms with Crippen molar-refractivity contribution in [1.29, 1.82) is 0 Å². The average Bonchev–Trinajstić information content (AvgIpc) is 3.08. The molecule has 3 rings (SSSR count). The van der Waals surface area contributed by atoms with E-state index in [1.165, 1.54) is 22.2 Å². The van der Waals surface area contributed by atoms with Gasteiger partial charge in [-0.1, -0.05) is 0 Å². The first-order chi connectivity index (χ1) is 12.4. The summed E-state index contributed by atoms with van der Waals surface area (Å²) in [6.45, 7) is 3.73. The first-order valence-electron chi connectivity index (χ1n) is 7.66. The minimum atomic E-state index is 0.441. The van der Waals surface area contributed by atoms with Crippen molar-refractivity contribution in [1.82, 2.24) is 25.0 Å². The topological polar surface area (TPSA) is 164 Å². The van der Waals surface area contributed by atoms with Gasteiger partial charge in [0.05, 0.1) is 23.8 Å². The van der Waals surface area contributed by atoms with Gasteiger partial charge in [-0.05, 0) is 26.0 Å². The number of nitrogens with zero attached hydrogens (tertiary/aromatic N) is 6. The largest absolute Gasteiger partial charge is 0.403 e. The zero-order chi connectivity index (χ0) is 19.1. The highest BCUT2D eigenvalue weighted by Crippen LogP contribution is 2.15. The fourth-order valence-electron chi connectivity index (χ4n) is 2.14. The van der Waals surface area contributed by atoms with Gasteiger partial charge in [0.2, 0.25) is 0 Å². The third-order valence-electron chi connectivity index (χ3n) is 3.11. The molecular formula is C16H22N10. The Morgan fingerprint density at radius 2 is 1.50 bits per heavy atom. The summed E-state index contributed by atoms with van der Waals surface area (Å²) in [6.07, 6.45) is 6.12. The number of nitrogen functional groups attached to an aromatic ring is 2. The molecule has 8 N–H and O–H groups in total. The Hall–Kier alpha value is -3.66. The van der Waals surface area contributed by atoms with Crippen LogP contribution in [0.5, 0.6) is 0 Å². The molecule has 0 saturated heterocycles. The molecule has 0 radical (unpaired) electrons. The number of pyridine rings is 2. The maximum Gasteiger partial charge on any atom is 0.125 e. The van der Waals surface area contributed by atoms with Gasteiger partial charge in [0.25, 0.3) is 0 Å². The number of aryl methyl sites for hydroxylation is 2. The lowest BCUT2D eigenvalue weighted by molar-refractivity contribution is 0.750. The molecule has 136 valence electrons. The van der Waals surface area contributed by atoms with E-state index in [-0.39, 0.29) is 0 Å². The molecule has 3 aromatic rings. The SMILES string of the molecule is Cc1cc(-n2nccn2)cc(N)n1.Cc1cc(N(N)/C=C\N)cc(N)n1. The molecule has 3 aromatic heterocycles. The van der Waals surface area contributed by atoms with Gasteiger partial charge in [-0.2, -0.15) is 15.0 Å². The maximum atomic E-state index is 5.63. The lowest BCUT2D eigenvalue weighted by Gasteiger charge is -2.13. The predicted octanol–water partition coefficient (Wildman–Crippen LogP) is 0.635. The molecule has 0 amide bonds. The number of anilines is 3. The van der Waals surface area contributed by atoms with E-state index in [2.05, 4.69) is 20.2 Å². The first kappa shape index (κ1) is 18.7. The zero-order valence-corrected chi connectivity index (χ0v) is 14.6. The number of nitrogens with two attached hydrogens (primary N) is 4. The molecule has 0 spiro atoms. The summed E-state index contributed by atoms with van der Waals surface area (Å²) in [7, 11) is 0. The van der Waals surface area contributed by atoms with Crippen molar-refractivity contribution in [3.05, 3.63) is 60.4 Å². The van der Waals surface area contributed by atoms with Crippen LogP contribution in [0.4, 0.5) is 17.3 Å². The average molecular weight is 354 g/mol. The van der Waals surface area contributed by atoms with Crippen LogP contribution in [-0.2, 0) is 0 Å². The van der Waals surface area contributed by atoms with Crippen LogP contribution < -0.4 is 28.1 Å². The van der Waals surface area contributed by atoms with Crippen LogP contribution in [0.1, 0.15) is 11.4 Å². The number of hydrazine groups is 1. The summed E-state index contributed by atoms with van der Waals surface area (Å²) in [5.41, 5.74) is 19.6. The van der Waals surface area contributed by atoms with Gasteiger partial charge in [0.15, 0.2) is 0 Å². The second-order valence-electron chi connectivity index (χ2n) is 5.35. The van der Waals surface area contributed by atoms with E-state index in [0.29, 0.717) is 11.6 Å². The molecule has 10 nitrogen and oxygen atoms in total. The third kappa shape index (κ3) is 5.18. The molecule has 0 aliphatic heterocycles. The van der Waals surface area contributed by atoms with E-state index < -0.39 is 0 Å². The first-order valence-corrected chi connectivity index (χ1v) is 7.66. The second-order valence-corrected chi connectivity index (χ2v) is 5.35. The molecule has 26 heavy (non-hydrogen) atoms. The molecule has 0 saturated carbocycles. The minimum Gasteiger partial charge on any atom is -0.403 e. The van der Waals surface area contributed by atoms with Crippen molar-refractivity contribution in [3.8, 4) is 5.69 Å². The van der Waals surface area contributed by atoms with Crippen molar-refractivity contribution in [2.24, 2.45) is 11.6 Å². The number of rotatable bonds is 3. The van der Waals surface area contributed by atoms with Crippen molar-refractivity contribution in [2.45, 2.75) is 13.8 Å². The molecule has 0 aliphatic carbocycles. The van der Waals surface area contributed by atoms with Crippen LogP contribution >= 0.6 is 0 Å². The fourth-order valence-corrected chi connectivity index (χ4v) is 2.14. The minimum absolute atomic E-state index is 0.441. The van der Waals surface area contributed by atoms with E-state index >= 15 is 0 Å². The molecule has 0 aliphatic rings. The van der Waals surface area contributed by atoms with Gasteiger partial charge in [-0.25, -0.2) is 15.8 Å². The highest BCUT2D eigenvalue weighted by Gasteiger charge is 2.01. The van der Waals surface area contributed by atoms with E-state index in [1.807, 2.05) is 26.0 Å². The van der Waals surface area contributed by atoms with Crippen molar-refractivity contribution in [2.75, 3.05) is 16.5 Å². The van der Waals surface area contributed by atoms with Crippen LogP contribution in [0.3, 0.4) is 0 Å². The monoisotopic (exact) mass is 354 g/mol. The molecule has 0 fully saturated rings. The lowest BCUT2D eigenvalue weighted by Crippen LogP contribution is -2.24. The molecular weight excluding hydrogens is 332 g/mol. The van der Waals surface area contributed by atoms with E-state index in [1.54, 1.807) is 24.5 Å². The number of aromatic nitrogens is 5. The number of hydrogen-bond acceptors (Lipinski definition) is 9. The van der Waals surface area contributed by atoms with Gasteiger partial charge in [-0.3, -0.25) is 5.01 Å². The van der Waals surface area contributed by atoms with Gasteiger partial charge in [0.1, 0.15) is 11.6 Å². The van der Waals surface area contributed by atoms with Gasteiger partial charge in [0, 0.05) is 35.9 Å². The molecule has 0 unspecified atom stereocenters. The van der Waals surface area contributed by atoms with Crippen LogP contribution in [0.2, 0.25) is 0 Å². The summed E-state index contributed by atoms with van der Waals surface area (Å²) < 4.78 is 0. The normalized spacial score (nSPS) is 10.4. The van der Waals surface area contributed by atoms with Gasteiger partial charge in [-0.15, -0.1) is 0 Å². The Morgan fingerprint density at radius 1 is 0.923 bits per heavy atom. The van der Waals surface area contributed by atoms with Crippen molar-refractivity contribution >= 4 is 17.3 Å². The Kier molecular flexibility index (Phi) is 6.06. The lowest BCUT2D eigenvalue weighted by atomic mass is 10.3. The van der Waals surface area contributed by atoms with Crippen LogP contribution in [-0.4, -0.2) is 25.0 Å². The summed E-state index contributed by atoms with van der Waals surface area (Å²) in [6, 6.07) is 7.09. The van der Waals surface area contributed by atoms with Gasteiger partial charge >= 0.3 is 0 Å². The standard InChI is InChI=1S/C8H9N5.C8H13N5/c1-6-4-7(5-8(9)12-6)13-10-2-3-11-13;1-6-4-7(5-8(10)12-6)13(11)3-2-9/h2-5H,1H3,(H2,9,12);2-5H,9,11H2,1H3,(H2,10,12)/b;3-2-. The Bertz CT molecular complexity index is 832. The Morgan fingerprint density at radius 3 is 2.04 bits per heavy atom. The van der Waals surface area contributed by atoms with E-state index in [9.17, 15) is 0 Å². The molecule has 3 heterocycles. The number of hydrogen-bond donors (Lipinski definition) is 4. The second kappa shape index (κ2) is 8.44. The smallest absolute Gasteiger partial charge is 0.125 e. The molecule has 0 bridgehead atoms. The van der Waals surface area contributed by atoms with Crippen LogP contribution in [0.25, 0.3) is 5.69 Å². The predicted molar refractivity (Wildman–Crippen MR) is 102 cm³/mol. The van der Waals surface area contributed by atoms with E-state index in [0.717, 1.165) is 22.8 Å². The third-order valence-corrected chi connectivity index (χ3v) is 3.11. The zero-order valence-electron chi connectivity index (χ0n) is 14.6. The Labute approximate surface area is 151 Å². The fraction of sp³-hybridized carbons (Fsp3) is 0.125. The Balaban J connectivity index is 0.000000187. The van der Waals surface area contributed by atoms with Crippen molar-refractivity contribution < 1.29 is 0 Å². The highest BCUT2D eigenvalue weighted by atomic mass is 15.5. The van der Waals surface area contributed by atoms with E-state index in [4.69, 9.17) is 23.0 Å². The van der Waals surface area contributed by atoms with Crippen molar-refractivity contribution in [3.63, 3.8) is 0 Å². The maximum absolute atomic E-state index is 5.63. The quantitative estimate of drug-likeness (QED) is 0.390. The summed E-state index contributed by atoms with van der Waals surface area (Å²) in [4.78, 5) is 9.58. The summed E-state index contributed by atoms with van der Waals surface area (Å²) in [5, 5.41) is 9.36. The molecule has 0 aromatic carbocycles. The van der Waals surface area contributed by atoms with Crippen LogP contribution in [0.15, 0.2) is 49.1 Å². The molecule has 0 atom stereocenters. The van der Waals surface area contributed by atoms with Gasteiger partial charge < -0.3 is 17.2 Å². The molecule has 10 heteroatoms.